The van der Waals surface area contributed by atoms with Gasteiger partial charge in [0.25, 0.3) is 5.91 Å². The SMILES string of the molecule is O=C(NC(C(=O)NCc1ccccc1)C1CCN(C(=O)C2CC2)CC1)c1ccccc1. The molecule has 2 fully saturated rings. The maximum atomic E-state index is 13.1. The van der Waals surface area contributed by atoms with Crippen molar-refractivity contribution in [2.75, 3.05) is 13.1 Å². The Morgan fingerprint density at radius 1 is 0.871 bits per heavy atom. The van der Waals surface area contributed by atoms with Crippen LogP contribution in [0.5, 0.6) is 0 Å². The first-order valence-corrected chi connectivity index (χ1v) is 11.1. The highest BCUT2D eigenvalue weighted by Crippen LogP contribution is 2.33. The van der Waals surface area contributed by atoms with Gasteiger partial charge >= 0.3 is 0 Å². The summed E-state index contributed by atoms with van der Waals surface area (Å²) < 4.78 is 0. The lowest BCUT2D eigenvalue weighted by Gasteiger charge is -2.36. The molecule has 6 nitrogen and oxygen atoms in total. The van der Waals surface area contributed by atoms with Gasteiger partial charge in [-0.2, -0.15) is 0 Å². The van der Waals surface area contributed by atoms with Crippen molar-refractivity contribution in [3.8, 4) is 0 Å². The van der Waals surface area contributed by atoms with Crippen LogP contribution in [0.1, 0.15) is 41.6 Å². The van der Waals surface area contributed by atoms with Crippen LogP contribution in [0, 0.1) is 11.8 Å². The summed E-state index contributed by atoms with van der Waals surface area (Å²) in [6.07, 6.45) is 3.40. The quantitative estimate of drug-likeness (QED) is 0.724. The standard InChI is InChI=1S/C25H29N3O3/c29-23(20-9-5-2-6-10-20)27-22(24(30)26-17-18-7-3-1-4-8-18)19-13-15-28(16-14-19)25(31)21-11-12-21/h1-10,19,21-22H,11-17H2,(H,26,30)(H,27,29). The van der Waals surface area contributed by atoms with Crippen molar-refractivity contribution in [1.29, 1.82) is 0 Å². The van der Waals surface area contributed by atoms with Crippen molar-refractivity contribution in [2.45, 2.75) is 38.3 Å². The van der Waals surface area contributed by atoms with Crippen molar-refractivity contribution in [3.63, 3.8) is 0 Å². The fraction of sp³-hybridized carbons (Fsp3) is 0.400. The van der Waals surface area contributed by atoms with Crippen LogP contribution >= 0.6 is 0 Å². The normalized spacial score (nSPS) is 17.6. The largest absolute Gasteiger partial charge is 0.350 e. The monoisotopic (exact) mass is 419 g/mol. The molecule has 0 radical (unpaired) electrons. The second-order valence-corrected chi connectivity index (χ2v) is 8.46. The van der Waals surface area contributed by atoms with E-state index >= 15 is 0 Å². The summed E-state index contributed by atoms with van der Waals surface area (Å²) in [5, 5.41) is 5.94. The molecule has 3 amide bonds. The molecule has 0 bridgehead atoms. The van der Waals surface area contributed by atoms with Crippen LogP contribution in [-0.2, 0) is 16.1 Å². The zero-order chi connectivity index (χ0) is 21.6. The first-order valence-electron chi connectivity index (χ1n) is 11.1. The maximum absolute atomic E-state index is 13.1. The first kappa shape index (κ1) is 21.1. The Hall–Kier alpha value is -3.15. The number of likely N-dealkylation sites (tertiary alicyclic amines) is 1. The highest BCUT2D eigenvalue weighted by molar-refractivity contribution is 5.97. The maximum Gasteiger partial charge on any atom is 0.251 e. The highest BCUT2D eigenvalue weighted by Gasteiger charge is 2.38. The molecule has 162 valence electrons. The third-order valence-corrected chi connectivity index (χ3v) is 6.16. The summed E-state index contributed by atoms with van der Waals surface area (Å²) in [5.41, 5.74) is 1.54. The Bertz CT molecular complexity index is 904. The van der Waals surface area contributed by atoms with Gasteiger partial charge in [0, 0.05) is 31.1 Å². The fourth-order valence-electron chi connectivity index (χ4n) is 4.15. The molecule has 0 aromatic heterocycles. The van der Waals surface area contributed by atoms with E-state index in [9.17, 15) is 14.4 Å². The van der Waals surface area contributed by atoms with Crippen LogP contribution in [-0.4, -0.2) is 41.8 Å². The second kappa shape index (κ2) is 9.77. The molecule has 1 aliphatic heterocycles. The number of nitrogens with one attached hydrogen (secondary N) is 2. The zero-order valence-electron chi connectivity index (χ0n) is 17.6. The Kier molecular flexibility index (Phi) is 6.65. The summed E-state index contributed by atoms with van der Waals surface area (Å²) in [6, 6.07) is 18.0. The molecule has 1 heterocycles. The van der Waals surface area contributed by atoms with Gasteiger partial charge in [-0.1, -0.05) is 48.5 Å². The summed E-state index contributed by atoms with van der Waals surface area (Å²) in [7, 11) is 0. The van der Waals surface area contributed by atoms with E-state index in [1.807, 2.05) is 41.3 Å². The van der Waals surface area contributed by atoms with Crippen LogP contribution in [0.3, 0.4) is 0 Å². The van der Waals surface area contributed by atoms with Crippen molar-refractivity contribution >= 4 is 17.7 Å². The number of hydrogen-bond acceptors (Lipinski definition) is 3. The molecule has 1 saturated heterocycles. The van der Waals surface area contributed by atoms with E-state index in [1.54, 1.807) is 24.3 Å². The van der Waals surface area contributed by atoms with Gasteiger partial charge in [0.15, 0.2) is 0 Å². The average Bonchev–Trinajstić information content (AvgIpc) is 3.67. The molecule has 31 heavy (non-hydrogen) atoms. The molecule has 1 atom stereocenters. The molecule has 6 heteroatoms. The fourth-order valence-corrected chi connectivity index (χ4v) is 4.15. The van der Waals surface area contributed by atoms with Gasteiger partial charge in [-0.05, 0) is 49.3 Å². The third-order valence-electron chi connectivity index (χ3n) is 6.16. The molecular formula is C25H29N3O3. The van der Waals surface area contributed by atoms with Crippen molar-refractivity contribution in [3.05, 3.63) is 71.8 Å². The molecule has 2 N–H and O–H groups in total. The van der Waals surface area contributed by atoms with Crippen LogP contribution in [0.2, 0.25) is 0 Å². The van der Waals surface area contributed by atoms with Gasteiger partial charge in [-0.3, -0.25) is 14.4 Å². The predicted octanol–water partition coefficient (Wildman–Crippen LogP) is 2.75. The van der Waals surface area contributed by atoms with E-state index in [2.05, 4.69) is 10.6 Å². The van der Waals surface area contributed by atoms with E-state index in [-0.39, 0.29) is 29.6 Å². The molecule has 0 spiro atoms. The van der Waals surface area contributed by atoms with E-state index in [4.69, 9.17) is 0 Å². The van der Waals surface area contributed by atoms with Crippen molar-refractivity contribution < 1.29 is 14.4 Å². The number of rotatable bonds is 7. The Morgan fingerprint density at radius 2 is 1.48 bits per heavy atom. The van der Waals surface area contributed by atoms with Crippen LogP contribution in [0.15, 0.2) is 60.7 Å². The van der Waals surface area contributed by atoms with Gasteiger partial charge in [0.1, 0.15) is 6.04 Å². The van der Waals surface area contributed by atoms with E-state index in [1.165, 1.54) is 0 Å². The summed E-state index contributed by atoms with van der Waals surface area (Å²) in [4.78, 5) is 40.2. The van der Waals surface area contributed by atoms with E-state index in [0.717, 1.165) is 18.4 Å². The van der Waals surface area contributed by atoms with Gasteiger partial charge in [-0.25, -0.2) is 0 Å². The molecule has 2 aliphatic rings. The molecule has 4 rings (SSSR count). The summed E-state index contributed by atoms with van der Waals surface area (Å²) in [6.45, 7) is 1.70. The Morgan fingerprint density at radius 3 is 2.10 bits per heavy atom. The highest BCUT2D eigenvalue weighted by atomic mass is 16.2. The number of hydrogen-bond donors (Lipinski definition) is 2. The van der Waals surface area contributed by atoms with Crippen LogP contribution < -0.4 is 10.6 Å². The van der Waals surface area contributed by atoms with Gasteiger partial charge in [-0.15, -0.1) is 0 Å². The first-order chi connectivity index (χ1) is 15.1. The van der Waals surface area contributed by atoms with E-state index < -0.39 is 6.04 Å². The minimum absolute atomic E-state index is 0.00770. The molecule has 2 aromatic carbocycles. The van der Waals surface area contributed by atoms with Gasteiger partial charge in [0.05, 0.1) is 0 Å². The molecule has 1 aliphatic carbocycles. The molecule has 1 saturated carbocycles. The van der Waals surface area contributed by atoms with E-state index in [0.29, 0.717) is 38.0 Å². The molecule has 1 unspecified atom stereocenters. The summed E-state index contributed by atoms with van der Waals surface area (Å²) >= 11 is 0. The minimum Gasteiger partial charge on any atom is -0.350 e. The van der Waals surface area contributed by atoms with Crippen molar-refractivity contribution in [2.24, 2.45) is 11.8 Å². The lowest BCUT2D eigenvalue weighted by atomic mass is 9.88. The van der Waals surface area contributed by atoms with Gasteiger partial charge in [0.2, 0.25) is 11.8 Å². The number of amides is 3. The topological polar surface area (TPSA) is 78.5 Å². The number of nitrogens with zero attached hydrogens (tertiary/aromatic N) is 1. The minimum atomic E-state index is -0.630. The Balaban J connectivity index is 1.42. The number of piperidine rings is 1. The van der Waals surface area contributed by atoms with Gasteiger partial charge < -0.3 is 15.5 Å². The third kappa shape index (κ3) is 5.51. The number of benzene rings is 2. The predicted molar refractivity (Wildman–Crippen MR) is 118 cm³/mol. The Labute approximate surface area is 183 Å². The smallest absolute Gasteiger partial charge is 0.251 e. The second-order valence-electron chi connectivity index (χ2n) is 8.46. The average molecular weight is 420 g/mol. The zero-order valence-corrected chi connectivity index (χ0v) is 17.6. The summed E-state index contributed by atoms with van der Waals surface area (Å²) in [5.74, 6) is 0.0138. The molecule has 2 aromatic rings. The van der Waals surface area contributed by atoms with Crippen molar-refractivity contribution in [1.82, 2.24) is 15.5 Å². The number of carbonyl (C=O) groups is 3. The number of carbonyl (C=O) groups excluding carboxylic acids is 3. The van der Waals surface area contributed by atoms with Crippen LogP contribution in [0.25, 0.3) is 0 Å². The lowest BCUT2D eigenvalue weighted by molar-refractivity contribution is -0.134. The van der Waals surface area contributed by atoms with Crippen LogP contribution in [0.4, 0.5) is 0 Å². The lowest BCUT2D eigenvalue weighted by Crippen LogP contribution is -2.53. The molecular weight excluding hydrogens is 390 g/mol.